The molecule has 0 aliphatic heterocycles. The second-order valence-electron chi connectivity index (χ2n) is 6.77. The molecule has 1 N–H and O–H groups in total. The van der Waals surface area contributed by atoms with Crippen LogP contribution in [0.5, 0.6) is 0 Å². The Morgan fingerprint density at radius 1 is 1.00 bits per heavy atom. The summed E-state index contributed by atoms with van der Waals surface area (Å²) in [7, 11) is 4.18. The van der Waals surface area contributed by atoms with Crippen LogP contribution in [-0.2, 0) is 0 Å². The molecule has 4 nitrogen and oxygen atoms in total. The number of anilines is 1. The molecule has 0 radical (unpaired) electrons. The van der Waals surface area contributed by atoms with E-state index in [1.807, 2.05) is 42.5 Å². The molecule has 1 aromatic heterocycles. The first kappa shape index (κ1) is 20.1. The van der Waals surface area contributed by atoms with Gasteiger partial charge in [-0.2, -0.15) is 0 Å². The van der Waals surface area contributed by atoms with Crippen LogP contribution in [0.4, 0.5) is 11.4 Å². The van der Waals surface area contributed by atoms with Crippen LogP contribution in [0.3, 0.4) is 0 Å². The van der Waals surface area contributed by atoms with E-state index in [1.165, 1.54) is 0 Å². The van der Waals surface area contributed by atoms with Gasteiger partial charge >= 0.3 is 0 Å². The van der Waals surface area contributed by atoms with Gasteiger partial charge in [0.2, 0.25) is 0 Å². The summed E-state index contributed by atoms with van der Waals surface area (Å²) >= 11 is 6.28. The van der Waals surface area contributed by atoms with Gasteiger partial charge in [-0.25, -0.2) is 9.98 Å². The molecule has 5 heteroatoms. The van der Waals surface area contributed by atoms with Crippen molar-refractivity contribution in [2.45, 2.75) is 6.42 Å². The van der Waals surface area contributed by atoms with Crippen molar-refractivity contribution in [1.82, 2.24) is 9.88 Å². The zero-order valence-corrected chi connectivity index (χ0v) is 17.0. The third kappa shape index (κ3) is 5.41. The molecule has 0 atom stereocenters. The molecule has 144 valence electrons. The SMILES string of the molecule is CN(C)CCCNc1ccccc1/C(=N/c1cccnc1Cl)c1ccccc1. The number of aromatic nitrogens is 1. The standard InChI is InChI=1S/C23H25ClN4/c1-28(2)17-9-16-25-20-13-7-6-12-19(20)22(18-10-4-3-5-11-18)27-21-14-8-15-26-23(21)24/h3-8,10-15,25H,9,16-17H2,1-2H3/b27-22+. The van der Waals surface area contributed by atoms with Gasteiger partial charge in [0.25, 0.3) is 0 Å². The highest BCUT2D eigenvalue weighted by Gasteiger charge is 2.13. The number of pyridine rings is 1. The van der Waals surface area contributed by atoms with Crippen LogP contribution in [0.15, 0.2) is 77.9 Å². The van der Waals surface area contributed by atoms with Crippen molar-refractivity contribution in [1.29, 1.82) is 0 Å². The average Bonchev–Trinajstić information content (AvgIpc) is 2.72. The molecule has 0 aliphatic rings. The Bertz CT molecular complexity index is 923. The molecule has 0 fully saturated rings. The molecule has 0 unspecified atom stereocenters. The van der Waals surface area contributed by atoms with Gasteiger partial charge in [-0.3, -0.25) is 0 Å². The van der Waals surface area contributed by atoms with Gasteiger partial charge in [0, 0.05) is 29.6 Å². The minimum Gasteiger partial charge on any atom is -0.384 e. The molecule has 0 saturated carbocycles. The van der Waals surface area contributed by atoms with E-state index < -0.39 is 0 Å². The Hall–Kier alpha value is -2.69. The summed E-state index contributed by atoms with van der Waals surface area (Å²) in [5, 5.41) is 3.96. The summed E-state index contributed by atoms with van der Waals surface area (Å²) in [6, 6.07) is 22.1. The van der Waals surface area contributed by atoms with Crippen LogP contribution in [0.2, 0.25) is 5.15 Å². The van der Waals surface area contributed by atoms with Crippen molar-refractivity contribution in [3.8, 4) is 0 Å². The Kier molecular flexibility index (Phi) is 7.18. The van der Waals surface area contributed by atoms with Gasteiger partial charge in [-0.05, 0) is 45.3 Å². The van der Waals surface area contributed by atoms with Gasteiger partial charge in [0.05, 0.1) is 5.71 Å². The van der Waals surface area contributed by atoms with Crippen molar-refractivity contribution < 1.29 is 0 Å². The van der Waals surface area contributed by atoms with E-state index >= 15 is 0 Å². The molecule has 0 amide bonds. The van der Waals surface area contributed by atoms with Gasteiger partial charge in [-0.15, -0.1) is 0 Å². The first-order chi connectivity index (χ1) is 13.6. The topological polar surface area (TPSA) is 40.5 Å². The minimum absolute atomic E-state index is 0.396. The second kappa shape index (κ2) is 10.0. The highest BCUT2D eigenvalue weighted by molar-refractivity contribution is 6.32. The fraction of sp³-hybridized carbons (Fsp3) is 0.217. The molecule has 0 bridgehead atoms. The maximum Gasteiger partial charge on any atom is 0.154 e. The third-order valence-corrected chi connectivity index (χ3v) is 4.59. The molecule has 28 heavy (non-hydrogen) atoms. The molecule has 0 spiro atoms. The molecular formula is C23H25ClN4. The van der Waals surface area contributed by atoms with Crippen LogP contribution in [0.25, 0.3) is 0 Å². The number of halogens is 1. The first-order valence-corrected chi connectivity index (χ1v) is 9.75. The van der Waals surface area contributed by atoms with E-state index in [2.05, 4.69) is 53.6 Å². The van der Waals surface area contributed by atoms with Crippen molar-refractivity contribution in [3.05, 3.63) is 89.2 Å². The number of benzene rings is 2. The van der Waals surface area contributed by atoms with E-state index in [-0.39, 0.29) is 0 Å². The molecule has 0 aliphatic carbocycles. The number of aliphatic imine (C=N–C) groups is 1. The van der Waals surface area contributed by atoms with E-state index in [1.54, 1.807) is 6.20 Å². The van der Waals surface area contributed by atoms with Gasteiger partial charge in [0.15, 0.2) is 5.15 Å². The van der Waals surface area contributed by atoms with Crippen molar-refractivity contribution in [2.24, 2.45) is 4.99 Å². The maximum atomic E-state index is 6.28. The lowest BCUT2D eigenvalue weighted by Crippen LogP contribution is -2.17. The lowest BCUT2D eigenvalue weighted by molar-refractivity contribution is 0.405. The number of para-hydroxylation sites is 1. The van der Waals surface area contributed by atoms with Crippen LogP contribution in [0.1, 0.15) is 17.5 Å². The normalized spacial score (nSPS) is 11.6. The number of hydrogen-bond acceptors (Lipinski definition) is 4. The summed E-state index contributed by atoms with van der Waals surface area (Å²) in [5.41, 5.74) is 4.66. The fourth-order valence-corrected chi connectivity index (χ4v) is 3.08. The maximum absolute atomic E-state index is 6.28. The summed E-state index contributed by atoms with van der Waals surface area (Å²) in [6.45, 7) is 1.94. The summed E-state index contributed by atoms with van der Waals surface area (Å²) in [4.78, 5) is 11.2. The van der Waals surface area contributed by atoms with E-state index in [0.717, 1.165) is 42.0 Å². The van der Waals surface area contributed by atoms with Crippen molar-refractivity contribution >= 4 is 28.7 Å². The van der Waals surface area contributed by atoms with Crippen molar-refractivity contribution in [3.63, 3.8) is 0 Å². The quantitative estimate of drug-likeness (QED) is 0.322. The third-order valence-electron chi connectivity index (χ3n) is 4.30. The predicted molar refractivity (Wildman–Crippen MR) is 119 cm³/mol. The zero-order valence-electron chi connectivity index (χ0n) is 16.3. The number of hydrogen-bond donors (Lipinski definition) is 1. The smallest absolute Gasteiger partial charge is 0.154 e. The summed E-state index contributed by atoms with van der Waals surface area (Å²) in [5.74, 6) is 0. The summed E-state index contributed by atoms with van der Waals surface area (Å²) < 4.78 is 0. The lowest BCUT2D eigenvalue weighted by atomic mass is 10.00. The molecular weight excluding hydrogens is 368 g/mol. The van der Waals surface area contributed by atoms with E-state index in [9.17, 15) is 0 Å². The average molecular weight is 393 g/mol. The largest absolute Gasteiger partial charge is 0.384 e. The van der Waals surface area contributed by atoms with E-state index in [4.69, 9.17) is 16.6 Å². The fourth-order valence-electron chi connectivity index (χ4n) is 2.92. The Labute approximate surface area is 171 Å². The molecule has 3 rings (SSSR count). The molecule has 0 saturated heterocycles. The second-order valence-corrected chi connectivity index (χ2v) is 7.13. The first-order valence-electron chi connectivity index (χ1n) is 9.38. The predicted octanol–water partition coefficient (Wildman–Crippen LogP) is 5.27. The highest BCUT2D eigenvalue weighted by atomic mass is 35.5. The van der Waals surface area contributed by atoms with Crippen LogP contribution >= 0.6 is 11.6 Å². The summed E-state index contributed by atoms with van der Waals surface area (Å²) in [6.07, 6.45) is 2.73. The number of nitrogens with zero attached hydrogens (tertiary/aromatic N) is 3. The number of nitrogens with one attached hydrogen (secondary N) is 1. The van der Waals surface area contributed by atoms with Gasteiger partial charge in [-0.1, -0.05) is 60.1 Å². The Morgan fingerprint density at radius 3 is 2.50 bits per heavy atom. The van der Waals surface area contributed by atoms with Crippen LogP contribution < -0.4 is 5.32 Å². The highest BCUT2D eigenvalue weighted by Crippen LogP contribution is 2.27. The van der Waals surface area contributed by atoms with Crippen LogP contribution in [0, 0.1) is 0 Å². The minimum atomic E-state index is 0.396. The Morgan fingerprint density at radius 2 is 1.75 bits per heavy atom. The zero-order chi connectivity index (χ0) is 19.8. The monoisotopic (exact) mass is 392 g/mol. The lowest BCUT2D eigenvalue weighted by Gasteiger charge is -2.16. The van der Waals surface area contributed by atoms with Crippen molar-refractivity contribution in [2.75, 3.05) is 32.5 Å². The van der Waals surface area contributed by atoms with Gasteiger partial charge < -0.3 is 10.2 Å². The Balaban J connectivity index is 1.99. The molecule has 3 aromatic rings. The van der Waals surface area contributed by atoms with E-state index in [0.29, 0.717) is 10.8 Å². The van der Waals surface area contributed by atoms with Gasteiger partial charge in [0.1, 0.15) is 5.69 Å². The number of rotatable bonds is 8. The van der Waals surface area contributed by atoms with Crippen LogP contribution in [-0.4, -0.2) is 42.8 Å². The molecule has 1 heterocycles. The molecule has 2 aromatic carbocycles.